The molecule has 8 nitrogen and oxygen atoms in total. The van der Waals surface area contributed by atoms with Gasteiger partial charge in [0.05, 0.1) is 39.6 Å². The molecule has 1 fully saturated rings. The van der Waals surface area contributed by atoms with Gasteiger partial charge in [0, 0.05) is 42.1 Å². The zero-order valence-electron chi connectivity index (χ0n) is 28.9. The van der Waals surface area contributed by atoms with Crippen LogP contribution in [-0.4, -0.2) is 77.1 Å². The van der Waals surface area contributed by atoms with Crippen LogP contribution in [0.5, 0.6) is 5.75 Å². The third kappa shape index (κ3) is 9.90. The van der Waals surface area contributed by atoms with Crippen molar-refractivity contribution in [1.82, 2.24) is 9.80 Å². The third-order valence-electron chi connectivity index (χ3n) is 9.78. The predicted octanol–water partition coefficient (Wildman–Crippen LogP) is 8.51. The predicted molar refractivity (Wildman–Crippen MR) is 204 cm³/mol. The number of carbonyl (C=O) groups is 2. The third-order valence-corrected chi connectivity index (χ3v) is 11.5. The van der Waals surface area contributed by atoms with Crippen LogP contribution in [0.15, 0.2) is 77.7 Å². The van der Waals surface area contributed by atoms with Crippen LogP contribution in [0.1, 0.15) is 77.4 Å². The zero-order valence-corrected chi connectivity index (χ0v) is 31.3. The Morgan fingerprint density at radius 2 is 1.80 bits per heavy atom. The minimum absolute atomic E-state index is 0.0211. The lowest BCUT2D eigenvalue weighted by Gasteiger charge is -2.35. The van der Waals surface area contributed by atoms with Gasteiger partial charge in [0.25, 0.3) is 5.91 Å². The number of amides is 1. The molecule has 1 amide bonds. The lowest BCUT2D eigenvalue weighted by atomic mass is 9.88. The number of carboxylic acid groups (broad SMARTS) is 1. The fourth-order valence-electron chi connectivity index (χ4n) is 7.01. The SMILES string of the molecule is COc1ccc(C2CCN(CCC(CN(CCCCC(=O)O)C(=O)c3cc(C#N)cc4ccccc34)c3ccc(Cl)c(Cl)c3)CC2)c(S(C)=O)c1. The highest BCUT2D eigenvalue weighted by Crippen LogP contribution is 2.35. The second-order valence-electron chi connectivity index (χ2n) is 13.1. The number of piperidine rings is 1. The average Bonchev–Trinajstić information content (AvgIpc) is 3.14. The normalized spacial score (nSPS) is 14.9. The maximum atomic E-state index is 14.4. The second-order valence-corrected chi connectivity index (χ2v) is 15.3. The van der Waals surface area contributed by atoms with Crippen LogP contribution in [-0.2, 0) is 15.6 Å². The van der Waals surface area contributed by atoms with Crippen molar-refractivity contribution in [3.05, 3.63) is 105 Å². The Kier molecular flexibility index (Phi) is 13.5. The van der Waals surface area contributed by atoms with Crippen molar-refractivity contribution >= 4 is 56.7 Å². The number of aliphatic carboxylic acids is 1. The number of nitriles is 1. The van der Waals surface area contributed by atoms with E-state index in [1.807, 2.05) is 54.6 Å². The molecule has 0 radical (unpaired) electrons. The topological polar surface area (TPSA) is 111 Å². The van der Waals surface area contributed by atoms with Crippen molar-refractivity contribution in [3.63, 3.8) is 0 Å². The van der Waals surface area contributed by atoms with Crippen molar-refractivity contribution in [3.8, 4) is 11.8 Å². The van der Waals surface area contributed by atoms with Crippen LogP contribution in [0.2, 0.25) is 10.0 Å². The van der Waals surface area contributed by atoms with Gasteiger partial charge >= 0.3 is 5.97 Å². The largest absolute Gasteiger partial charge is 0.497 e. The maximum absolute atomic E-state index is 14.4. The molecule has 0 spiro atoms. The molecule has 1 aliphatic heterocycles. The number of fused-ring (bicyclic) bond motifs is 1. The summed E-state index contributed by atoms with van der Waals surface area (Å²) in [6.45, 7) is 3.30. The summed E-state index contributed by atoms with van der Waals surface area (Å²) in [5, 5.41) is 21.5. The fourth-order valence-corrected chi connectivity index (χ4v) is 8.16. The number of hydrogen-bond donors (Lipinski definition) is 1. The molecule has 1 saturated heterocycles. The summed E-state index contributed by atoms with van der Waals surface area (Å²) in [6, 6.07) is 24.6. The van der Waals surface area contributed by atoms with Gasteiger partial charge in [-0.25, -0.2) is 0 Å². The van der Waals surface area contributed by atoms with Gasteiger partial charge in [-0.05, 0) is 116 Å². The highest BCUT2D eigenvalue weighted by molar-refractivity contribution is 7.84. The number of ether oxygens (including phenoxy) is 1. The minimum atomic E-state index is -1.13. The van der Waals surface area contributed by atoms with Crippen molar-refractivity contribution < 1.29 is 23.6 Å². The van der Waals surface area contributed by atoms with Gasteiger partial charge < -0.3 is 19.6 Å². The number of likely N-dealkylation sites (tertiary alicyclic amines) is 1. The number of nitrogens with zero attached hydrogens (tertiary/aromatic N) is 3. The minimum Gasteiger partial charge on any atom is -0.497 e. The molecule has 5 rings (SSSR count). The van der Waals surface area contributed by atoms with Gasteiger partial charge in [-0.15, -0.1) is 0 Å². The molecular formula is C40H43Cl2N3O5S. The van der Waals surface area contributed by atoms with Crippen molar-refractivity contribution in [2.75, 3.05) is 46.1 Å². The highest BCUT2D eigenvalue weighted by Gasteiger charge is 2.27. The number of carbonyl (C=O) groups excluding carboxylic acids is 1. The Balaban J connectivity index is 1.37. The lowest BCUT2D eigenvalue weighted by molar-refractivity contribution is -0.137. The molecule has 0 aromatic heterocycles. The number of hydrogen-bond acceptors (Lipinski definition) is 6. The number of unbranched alkanes of at least 4 members (excludes halogenated alkanes) is 1. The summed E-state index contributed by atoms with van der Waals surface area (Å²) in [5.74, 6) is -0.163. The van der Waals surface area contributed by atoms with E-state index in [2.05, 4.69) is 11.0 Å². The van der Waals surface area contributed by atoms with Crippen molar-refractivity contribution in [2.24, 2.45) is 0 Å². The Morgan fingerprint density at radius 3 is 2.49 bits per heavy atom. The van der Waals surface area contributed by atoms with Gasteiger partial charge in [0.2, 0.25) is 0 Å². The molecule has 0 bridgehead atoms. The van der Waals surface area contributed by atoms with Crippen LogP contribution in [0, 0.1) is 11.3 Å². The first kappa shape index (κ1) is 38.3. The smallest absolute Gasteiger partial charge is 0.303 e. The van der Waals surface area contributed by atoms with E-state index in [1.165, 1.54) is 0 Å². The number of rotatable bonds is 15. The van der Waals surface area contributed by atoms with Crippen molar-refractivity contribution in [2.45, 2.75) is 55.3 Å². The molecule has 1 N–H and O–H groups in total. The van der Waals surface area contributed by atoms with E-state index in [0.717, 1.165) is 65.7 Å². The molecule has 268 valence electrons. The Morgan fingerprint density at radius 1 is 1.04 bits per heavy atom. The molecule has 2 atom stereocenters. The Bertz CT molecular complexity index is 1940. The first-order valence-corrected chi connectivity index (χ1v) is 19.5. The van der Waals surface area contributed by atoms with E-state index in [-0.39, 0.29) is 18.2 Å². The van der Waals surface area contributed by atoms with E-state index in [9.17, 15) is 24.2 Å². The first-order valence-electron chi connectivity index (χ1n) is 17.2. The Labute approximate surface area is 312 Å². The number of benzene rings is 4. The lowest BCUT2D eigenvalue weighted by Crippen LogP contribution is -2.38. The summed E-state index contributed by atoms with van der Waals surface area (Å²) < 4.78 is 18.0. The van der Waals surface area contributed by atoms with Crippen molar-refractivity contribution in [1.29, 1.82) is 5.26 Å². The summed E-state index contributed by atoms with van der Waals surface area (Å²) in [7, 11) is 0.487. The highest BCUT2D eigenvalue weighted by atomic mass is 35.5. The summed E-state index contributed by atoms with van der Waals surface area (Å²) in [6.07, 6.45) is 5.30. The molecule has 0 saturated carbocycles. The standard InChI is InChI=1S/C40H43Cl2N3O5S/c1-50-32-11-12-34(38(24-32)51(2)49)28-14-18-44(19-15-28)20-16-31(29-10-13-36(41)37(42)23-29)26-45(17-6-5-9-39(46)47)40(48)35-22-27(25-43)21-30-7-3-4-8-33(30)35/h3-4,7-8,10-13,21-24,28,31H,5-6,9,14-20,26H2,1-2H3,(H,46,47). The van der Waals surface area contributed by atoms with E-state index in [1.54, 1.807) is 36.5 Å². The van der Waals surface area contributed by atoms with E-state index in [4.69, 9.17) is 27.9 Å². The number of methoxy groups -OCH3 is 1. The summed E-state index contributed by atoms with van der Waals surface area (Å²) in [4.78, 5) is 30.8. The van der Waals surface area contributed by atoms with Crippen LogP contribution in [0.3, 0.4) is 0 Å². The van der Waals surface area contributed by atoms with Gasteiger partial charge in [-0.2, -0.15) is 5.26 Å². The van der Waals surface area contributed by atoms with Crippen LogP contribution in [0.4, 0.5) is 0 Å². The molecule has 2 unspecified atom stereocenters. The van der Waals surface area contributed by atoms with E-state index >= 15 is 0 Å². The molecule has 0 aliphatic carbocycles. The molecule has 4 aromatic carbocycles. The number of halogens is 2. The van der Waals surface area contributed by atoms with Gasteiger partial charge in [-0.3, -0.25) is 13.8 Å². The van der Waals surface area contributed by atoms with Crippen LogP contribution in [0.25, 0.3) is 10.8 Å². The Hall–Kier alpha value is -3.94. The van der Waals surface area contributed by atoms with Crippen LogP contribution < -0.4 is 4.74 Å². The molecule has 11 heteroatoms. The summed E-state index contributed by atoms with van der Waals surface area (Å²) >= 11 is 12.8. The molecule has 51 heavy (non-hydrogen) atoms. The van der Waals surface area contributed by atoms with Gasteiger partial charge in [-0.1, -0.05) is 59.6 Å². The second kappa shape index (κ2) is 18.0. The van der Waals surface area contributed by atoms with Crippen LogP contribution >= 0.6 is 23.2 Å². The molecule has 4 aromatic rings. The summed E-state index contributed by atoms with van der Waals surface area (Å²) in [5.41, 5.74) is 2.93. The molecule has 1 heterocycles. The first-order chi connectivity index (χ1) is 24.6. The monoisotopic (exact) mass is 747 g/mol. The quantitative estimate of drug-likeness (QED) is 0.121. The fraction of sp³-hybridized carbons (Fsp3) is 0.375. The van der Waals surface area contributed by atoms with E-state index < -0.39 is 16.8 Å². The van der Waals surface area contributed by atoms with Gasteiger partial charge in [0.1, 0.15) is 5.75 Å². The molecular weight excluding hydrogens is 705 g/mol. The number of carboxylic acids is 1. The average molecular weight is 749 g/mol. The van der Waals surface area contributed by atoms with Gasteiger partial charge in [0.15, 0.2) is 0 Å². The maximum Gasteiger partial charge on any atom is 0.303 e. The molecule has 1 aliphatic rings. The zero-order chi connectivity index (χ0) is 36.5. The van der Waals surface area contributed by atoms with E-state index in [0.29, 0.717) is 58.8 Å².